The number of carbonyl (C=O) groups excluding carboxylic acids is 1. The van der Waals surface area contributed by atoms with E-state index in [9.17, 15) is 4.79 Å². The molecule has 1 fully saturated rings. The maximum Gasteiger partial charge on any atom is 0.251 e. The summed E-state index contributed by atoms with van der Waals surface area (Å²) in [6, 6.07) is 8.71. The Balaban J connectivity index is 2.03. The summed E-state index contributed by atoms with van der Waals surface area (Å²) in [6.07, 6.45) is 5.93. The quantitative estimate of drug-likeness (QED) is 0.675. The number of rotatable bonds is 7. The highest BCUT2D eigenvalue weighted by molar-refractivity contribution is 6.02. The molecule has 1 saturated heterocycles. The van der Waals surface area contributed by atoms with E-state index in [1.165, 1.54) is 43.6 Å². The van der Waals surface area contributed by atoms with Crippen LogP contribution in [0, 0.1) is 6.92 Å². The highest BCUT2D eigenvalue weighted by Crippen LogP contribution is 2.35. The summed E-state index contributed by atoms with van der Waals surface area (Å²) >= 11 is 0. The Hall–Kier alpha value is -2.07. The van der Waals surface area contributed by atoms with E-state index in [1.54, 1.807) is 0 Å². The number of hydrogen-bond donors (Lipinski definition) is 1. The molecule has 4 nitrogen and oxygen atoms in total. The van der Waals surface area contributed by atoms with Gasteiger partial charge in [-0.3, -0.25) is 4.79 Å². The van der Waals surface area contributed by atoms with Gasteiger partial charge in [0.2, 0.25) is 0 Å². The molecule has 2 heterocycles. The van der Waals surface area contributed by atoms with Crippen LogP contribution in [-0.2, 0) is 18.4 Å². The van der Waals surface area contributed by atoms with E-state index < -0.39 is 0 Å². The molecule has 0 radical (unpaired) electrons. The molecule has 0 bridgehead atoms. The van der Waals surface area contributed by atoms with Gasteiger partial charge in [-0.1, -0.05) is 64.8 Å². The Morgan fingerprint density at radius 3 is 2.20 bits per heavy atom. The number of aromatic nitrogens is 1. The molecule has 4 heteroatoms. The van der Waals surface area contributed by atoms with Crippen LogP contribution in [-0.4, -0.2) is 35.0 Å². The third-order valence-electron chi connectivity index (χ3n) is 6.49. The van der Waals surface area contributed by atoms with Crippen LogP contribution in [0.4, 0.5) is 0 Å². The Bertz CT molecular complexity index is 865. The third-order valence-corrected chi connectivity index (χ3v) is 6.49. The lowest BCUT2D eigenvalue weighted by Crippen LogP contribution is -2.33. The van der Waals surface area contributed by atoms with E-state index in [0.717, 1.165) is 42.8 Å². The molecule has 0 aliphatic carbocycles. The lowest BCUT2D eigenvalue weighted by molar-refractivity contribution is 0.1000. The SMILES string of the molecule is CCCc1c(-c2ccc(C(C)(C)C)cc2)c(C(N)=O)c(C)n1CCN1CCCCC1. The summed E-state index contributed by atoms with van der Waals surface area (Å²) in [6.45, 7) is 15.3. The van der Waals surface area contributed by atoms with Crippen molar-refractivity contribution in [3.05, 3.63) is 46.8 Å². The van der Waals surface area contributed by atoms with Gasteiger partial charge < -0.3 is 15.2 Å². The van der Waals surface area contributed by atoms with Gasteiger partial charge in [-0.15, -0.1) is 0 Å². The number of nitrogens with zero attached hydrogens (tertiary/aromatic N) is 2. The van der Waals surface area contributed by atoms with Gasteiger partial charge in [0.1, 0.15) is 0 Å². The summed E-state index contributed by atoms with van der Waals surface area (Å²) in [5.74, 6) is -0.323. The van der Waals surface area contributed by atoms with Crippen LogP contribution in [0.15, 0.2) is 24.3 Å². The highest BCUT2D eigenvalue weighted by atomic mass is 16.1. The molecule has 1 aromatic heterocycles. The first kappa shape index (κ1) is 22.6. The minimum atomic E-state index is -0.323. The van der Waals surface area contributed by atoms with Crippen molar-refractivity contribution in [3.63, 3.8) is 0 Å². The standard InChI is InChI=1S/C26H39N3O/c1-6-10-22-24(20-11-13-21(14-12-20)26(3,4)5)23(25(27)30)19(2)29(22)18-17-28-15-8-7-9-16-28/h11-14H,6-10,15-18H2,1-5H3,(H2,27,30). The number of likely N-dealkylation sites (tertiary alicyclic amines) is 1. The van der Waals surface area contributed by atoms with Crippen molar-refractivity contribution in [3.8, 4) is 11.1 Å². The van der Waals surface area contributed by atoms with E-state index >= 15 is 0 Å². The molecule has 3 rings (SSSR count). The molecular weight excluding hydrogens is 370 g/mol. The summed E-state index contributed by atoms with van der Waals surface area (Å²) in [4.78, 5) is 15.1. The molecule has 0 unspecified atom stereocenters. The van der Waals surface area contributed by atoms with E-state index in [1.807, 2.05) is 0 Å². The molecule has 1 amide bonds. The summed E-state index contributed by atoms with van der Waals surface area (Å²) < 4.78 is 2.37. The van der Waals surface area contributed by atoms with Gasteiger partial charge in [-0.05, 0) is 55.8 Å². The van der Waals surface area contributed by atoms with E-state index in [0.29, 0.717) is 5.56 Å². The second kappa shape index (κ2) is 9.38. The second-order valence-electron chi connectivity index (χ2n) is 9.78. The minimum absolute atomic E-state index is 0.105. The monoisotopic (exact) mass is 409 g/mol. The lowest BCUT2D eigenvalue weighted by atomic mass is 9.86. The zero-order chi connectivity index (χ0) is 21.9. The number of benzene rings is 1. The number of hydrogen-bond acceptors (Lipinski definition) is 2. The molecule has 0 spiro atoms. The van der Waals surface area contributed by atoms with Gasteiger partial charge >= 0.3 is 0 Å². The fraction of sp³-hybridized carbons (Fsp3) is 0.577. The van der Waals surface area contributed by atoms with Gasteiger partial charge in [-0.2, -0.15) is 0 Å². The van der Waals surface area contributed by atoms with E-state index in [4.69, 9.17) is 5.73 Å². The Morgan fingerprint density at radius 2 is 1.67 bits per heavy atom. The van der Waals surface area contributed by atoms with E-state index in [-0.39, 0.29) is 11.3 Å². The van der Waals surface area contributed by atoms with Crippen LogP contribution >= 0.6 is 0 Å². The fourth-order valence-electron chi connectivity index (χ4n) is 4.77. The molecular formula is C26H39N3O. The Morgan fingerprint density at radius 1 is 1.03 bits per heavy atom. The molecule has 2 N–H and O–H groups in total. The predicted molar refractivity (Wildman–Crippen MR) is 126 cm³/mol. The summed E-state index contributed by atoms with van der Waals surface area (Å²) in [5.41, 5.74) is 12.4. The van der Waals surface area contributed by atoms with Crippen LogP contribution < -0.4 is 5.73 Å². The molecule has 2 aromatic rings. The normalized spacial score (nSPS) is 15.5. The number of amides is 1. The maximum absolute atomic E-state index is 12.5. The first-order valence-corrected chi connectivity index (χ1v) is 11.6. The smallest absolute Gasteiger partial charge is 0.251 e. The summed E-state index contributed by atoms with van der Waals surface area (Å²) in [5, 5.41) is 0. The minimum Gasteiger partial charge on any atom is -0.366 e. The molecule has 1 aliphatic rings. The molecule has 30 heavy (non-hydrogen) atoms. The van der Waals surface area contributed by atoms with Gasteiger partial charge in [-0.25, -0.2) is 0 Å². The van der Waals surface area contributed by atoms with Crippen LogP contribution in [0.2, 0.25) is 0 Å². The first-order valence-electron chi connectivity index (χ1n) is 11.6. The van der Waals surface area contributed by atoms with Crippen molar-refractivity contribution < 1.29 is 4.79 Å². The van der Waals surface area contributed by atoms with Crippen molar-refractivity contribution in [2.24, 2.45) is 5.73 Å². The van der Waals surface area contributed by atoms with Crippen LogP contribution in [0.3, 0.4) is 0 Å². The van der Waals surface area contributed by atoms with Crippen LogP contribution in [0.5, 0.6) is 0 Å². The van der Waals surface area contributed by atoms with Crippen LogP contribution in [0.1, 0.15) is 80.7 Å². The van der Waals surface area contributed by atoms with Gasteiger partial charge in [0.15, 0.2) is 0 Å². The van der Waals surface area contributed by atoms with Crippen molar-refractivity contribution >= 4 is 5.91 Å². The van der Waals surface area contributed by atoms with Gasteiger partial charge in [0, 0.05) is 30.0 Å². The number of piperidine rings is 1. The number of nitrogens with two attached hydrogens (primary N) is 1. The molecule has 164 valence electrons. The van der Waals surface area contributed by atoms with Gasteiger partial charge in [0.05, 0.1) is 5.56 Å². The van der Waals surface area contributed by atoms with E-state index in [2.05, 4.69) is 68.4 Å². The molecule has 1 aliphatic heterocycles. The number of carbonyl (C=O) groups is 1. The zero-order valence-corrected chi connectivity index (χ0v) is 19.6. The van der Waals surface area contributed by atoms with Crippen LogP contribution in [0.25, 0.3) is 11.1 Å². The molecule has 1 aromatic carbocycles. The predicted octanol–water partition coefficient (Wildman–Crippen LogP) is 5.30. The largest absolute Gasteiger partial charge is 0.366 e. The second-order valence-corrected chi connectivity index (χ2v) is 9.78. The maximum atomic E-state index is 12.5. The average molecular weight is 410 g/mol. The lowest BCUT2D eigenvalue weighted by Gasteiger charge is -2.27. The molecule has 0 atom stereocenters. The number of primary amides is 1. The Labute approximate surface area is 182 Å². The topological polar surface area (TPSA) is 51.3 Å². The fourth-order valence-corrected chi connectivity index (χ4v) is 4.77. The van der Waals surface area contributed by atoms with Gasteiger partial charge in [0.25, 0.3) is 5.91 Å². The zero-order valence-electron chi connectivity index (χ0n) is 19.6. The first-order chi connectivity index (χ1) is 14.2. The molecule has 0 saturated carbocycles. The van der Waals surface area contributed by atoms with Crippen molar-refractivity contribution in [2.45, 2.75) is 78.7 Å². The van der Waals surface area contributed by atoms with Crippen molar-refractivity contribution in [2.75, 3.05) is 19.6 Å². The average Bonchev–Trinajstić information content (AvgIpc) is 2.98. The highest BCUT2D eigenvalue weighted by Gasteiger charge is 2.25. The summed E-state index contributed by atoms with van der Waals surface area (Å²) in [7, 11) is 0. The Kier molecular flexibility index (Phi) is 7.07. The van der Waals surface area contributed by atoms with Crippen molar-refractivity contribution in [1.82, 2.24) is 9.47 Å². The van der Waals surface area contributed by atoms with Crippen molar-refractivity contribution in [1.29, 1.82) is 0 Å². The third kappa shape index (κ3) is 4.80.